The molecule has 122 valence electrons. The number of hydrogen-bond acceptors (Lipinski definition) is 6. The summed E-state index contributed by atoms with van der Waals surface area (Å²) in [4.78, 5) is 33.9. The van der Waals surface area contributed by atoms with Crippen molar-refractivity contribution in [2.24, 2.45) is 5.73 Å². The third kappa shape index (κ3) is 3.64. The van der Waals surface area contributed by atoms with E-state index < -0.39 is 28.5 Å². The third-order valence-electron chi connectivity index (χ3n) is 3.61. The van der Waals surface area contributed by atoms with Gasteiger partial charge in [-0.2, -0.15) is 0 Å². The van der Waals surface area contributed by atoms with Gasteiger partial charge in [0.25, 0.3) is 5.69 Å². The van der Waals surface area contributed by atoms with E-state index in [4.69, 9.17) is 15.9 Å². The molecule has 1 atom stereocenters. The Labute approximate surface area is 130 Å². The molecular weight excluding hydrogens is 306 g/mol. The molecule has 1 aromatic rings. The molecule has 9 heteroatoms. The minimum atomic E-state index is -1.40. The number of rotatable bonds is 6. The maximum absolute atomic E-state index is 11.1. The van der Waals surface area contributed by atoms with Crippen molar-refractivity contribution < 1.29 is 24.7 Å². The van der Waals surface area contributed by atoms with Gasteiger partial charge in [0, 0.05) is 37.0 Å². The first-order chi connectivity index (χ1) is 10.8. The molecule has 0 saturated heterocycles. The topological polar surface area (TPSA) is 147 Å². The second kappa shape index (κ2) is 6.44. The molecule has 1 aliphatic rings. The molecule has 0 aliphatic carbocycles. The number of nitrogens with two attached hydrogens (primary N) is 1. The van der Waals surface area contributed by atoms with Gasteiger partial charge in [-0.15, -0.1) is 0 Å². The lowest BCUT2D eigenvalue weighted by atomic mass is 10.1. The molecule has 0 bridgehead atoms. The number of nitro benzene ring substituents is 1. The lowest BCUT2D eigenvalue weighted by Crippen LogP contribution is -2.40. The fourth-order valence-corrected chi connectivity index (χ4v) is 2.53. The Morgan fingerprint density at radius 2 is 2.13 bits per heavy atom. The molecule has 0 spiro atoms. The number of benzene rings is 1. The molecule has 1 unspecified atom stereocenters. The van der Waals surface area contributed by atoms with Crippen LogP contribution in [0.1, 0.15) is 5.56 Å². The largest absolute Gasteiger partial charge is 0.478 e. The summed E-state index contributed by atoms with van der Waals surface area (Å²) in [6, 6.07) is 3.45. The predicted molar refractivity (Wildman–Crippen MR) is 80.3 cm³/mol. The molecule has 1 aliphatic heterocycles. The molecule has 1 aromatic carbocycles. The van der Waals surface area contributed by atoms with Gasteiger partial charge >= 0.3 is 11.9 Å². The number of anilines is 1. The third-order valence-corrected chi connectivity index (χ3v) is 3.61. The van der Waals surface area contributed by atoms with Gasteiger partial charge in [-0.3, -0.25) is 10.1 Å². The minimum absolute atomic E-state index is 0.0551. The quantitative estimate of drug-likeness (QED) is 0.387. The van der Waals surface area contributed by atoms with Crippen molar-refractivity contribution in [3.8, 4) is 0 Å². The summed E-state index contributed by atoms with van der Waals surface area (Å²) in [7, 11) is 0. The van der Waals surface area contributed by atoms with Crippen molar-refractivity contribution in [1.29, 1.82) is 0 Å². The summed E-state index contributed by atoms with van der Waals surface area (Å²) >= 11 is 0. The minimum Gasteiger partial charge on any atom is -0.478 e. The van der Waals surface area contributed by atoms with E-state index in [9.17, 15) is 19.7 Å². The maximum atomic E-state index is 11.1. The van der Waals surface area contributed by atoms with Crippen molar-refractivity contribution in [3.05, 3.63) is 45.5 Å². The number of non-ortho nitro benzene ring substituents is 1. The molecule has 0 aromatic heterocycles. The first-order valence-corrected chi connectivity index (χ1v) is 6.75. The highest BCUT2D eigenvalue weighted by Gasteiger charge is 2.26. The van der Waals surface area contributed by atoms with E-state index in [1.54, 1.807) is 11.0 Å². The Balaban J connectivity index is 2.23. The fraction of sp³-hybridized carbons (Fsp3) is 0.286. The Morgan fingerprint density at radius 1 is 1.43 bits per heavy atom. The lowest BCUT2D eigenvalue weighted by Gasteiger charge is -2.23. The number of carboxylic acids is 2. The van der Waals surface area contributed by atoms with Crippen molar-refractivity contribution in [2.45, 2.75) is 12.5 Å². The van der Waals surface area contributed by atoms with Crippen LogP contribution in [0.3, 0.4) is 0 Å². The molecule has 9 nitrogen and oxygen atoms in total. The standard InChI is InChI=1S/C14H15N3O6/c15-11(10(14(20)21)6-13(18)19)7-16-4-3-8-1-2-9(17(22)23)5-12(8)16/h1-2,5-6,11H,3-4,7,15H2,(H,18,19)(H,20,21). The molecule has 2 rings (SSSR count). The zero-order valence-electron chi connectivity index (χ0n) is 12.0. The van der Waals surface area contributed by atoms with Gasteiger partial charge in [-0.1, -0.05) is 6.07 Å². The molecule has 0 saturated carbocycles. The number of fused-ring (bicyclic) bond motifs is 1. The Hall–Kier alpha value is -2.94. The number of aliphatic carboxylic acids is 2. The smallest absolute Gasteiger partial charge is 0.333 e. The second-order valence-corrected chi connectivity index (χ2v) is 5.12. The zero-order chi connectivity index (χ0) is 17.1. The fourth-order valence-electron chi connectivity index (χ4n) is 2.53. The van der Waals surface area contributed by atoms with Crippen LogP contribution >= 0.6 is 0 Å². The van der Waals surface area contributed by atoms with Crippen LogP contribution in [0.4, 0.5) is 11.4 Å². The number of nitrogens with zero attached hydrogens (tertiary/aromatic N) is 2. The van der Waals surface area contributed by atoms with Crippen LogP contribution in [0, 0.1) is 10.1 Å². The van der Waals surface area contributed by atoms with Crippen LogP contribution < -0.4 is 10.6 Å². The number of nitro groups is 1. The van der Waals surface area contributed by atoms with Gasteiger partial charge in [-0.25, -0.2) is 9.59 Å². The van der Waals surface area contributed by atoms with Gasteiger partial charge < -0.3 is 20.8 Å². The summed E-state index contributed by atoms with van der Waals surface area (Å²) in [5.41, 5.74) is 6.85. The molecule has 4 N–H and O–H groups in total. The Bertz CT molecular complexity index is 700. The van der Waals surface area contributed by atoms with Gasteiger partial charge in [0.15, 0.2) is 0 Å². The van der Waals surface area contributed by atoms with Crippen molar-refractivity contribution in [3.63, 3.8) is 0 Å². The number of carbonyl (C=O) groups is 2. The Morgan fingerprint density at radius 3 is 2.70 bits per heavy atom. The molecule has 0 amide bonds. The molecule has 0 fully saturated rings. The van der Waals surface area contributed by atoms with Crippen LogP contribution in [0.25, 0.3) is 0 Å². The predicted octanol–water partition coefficient (Wildman–Crippen LogP) is 0.380. The van der Waals surface area contributed by atoms with Gasteiger partial charge in [0.05, 0.1) is 16.5 Å². The van der Waals surface area contributed by atoms with E-state index >= 15 is 0 Å². The highest BCUT2D eigenvalue weighted by Crippen LogP contribution is 2.31. The summed E-state index contributed by atoms with van der Waals surface area (Å²) in [5, 5.41) is 28.6. The monoisotopic (exact) mass is 321 g/mol. The average Bonchev–Trinajstić information content (AvgIpc) is 2.86. The van der Waals surface area contributed by atoms with Crippen molar-refractivity contribution >= 4 is 23.3 Å². The van der Waals surface area contributed by atoms with Gasteiger partial charge in [0.1, 0.15) is 0 Å². The average molecular weight is 321 g/mol. The number of hydrogen-bond donors (Lipinski definition) is 3. The summed E-state index contributed by atoms with van der Waals surface area (Å²) in [5.74, 6) is -2.80. The highest BCUT2D eigenvalue weighted by molar-refractivity contribution is 5.95. The molecular formula is C14H15N3O6. The number of carboxylic acid groups (broad SMARTS) is 2. The van der Waals surface area contributed by atoms with E-state index in [2.05, 4.69) is 0 Å². The van der Waals surface area contributed by atoms with Crippen molar-refractivity contribution in [2.75, 3.05) is 18.0 Å². The summed E-state index contributed by atoms with van der Waals surface area (Å²) < 4.78 is 0. The lowest BCUT2D eigenvalue weighted by molar-refractivity contribution is -0.384. The van der Waals surface area contributed by atoms with E-state index in [1.165, 1.54) is 12.1 Å². The summed E-state index contributed by atoms with van der Waals surface area (Å²) in [6.45, 7) is 0.587. The molecule has 1 heterocycles. The maximum Gasteiger partial charge on any atom is 0.333 e. The highest BCUT2D eigenvalue weighted by atomic mass is 16.6. The van der Waals surface area contributed by atoms with Crippen LogP contribution in [-0.4, -0.2) is 46.2 Å². The van der Waals surface area contributed by atoms with Crippen LogP contribution in [0.15, 0.2) is 29.8 Å². The molecule has 23 heavy (non-hydrogen) atoms. The first kappa shape index (κ1) is 16.4. The Kier molecular flexibility index (Phi) is 4.60. The van der Waals surface area contributed by atoms with Crippen LogP contribution in [0.2, 0.25) is 0 Å². The summed E-state index contributed by atoms with van der Waals surface area (Å²) in [6.07, 6.45) is 1.22. The zero-order valence-corrected chi connectivity index (χ0v) is 12.0. The van der Waals surface area contributed by atoms with Crippen LogP contribution in [-0.2, 0) is 16.0 Å². The SMILES string of the molecule is NC(CN1CCc2ccc([N+](=O)[O-])cc21)C(=CC(=O)O)C(=O)O. The van der Waals surface area contributed by atoms with Crippen molar-refractivity contribution in [1.82, 2.24) is 0 Å². The van der Waals surface area contributed by atoms with Crippen LogP contribution in [0.5, 0.6) is 0 Å². The normalized spacial score (nSPS) is 15.2. The van der Waals surface area contributed by atoms with Gasteiger partial charge in [0.2, 0.25) is 0 Å². The first-order valence-electron chi connectivity index (χ1n) is 6.75. The second-order valence-electron chi connectivity index (χ2n) is 5.12. The molecule has 0 radical (unpaired) electrons. The van der Waals surface area contributed by atoms with E-state index in [0.717, 1.165) is 5.56 Å². The van der Waals surface area contributed by atoms with E-state index in [1.807, 2.05) is 0 Å². The van der Waals surface area contributed by atoms with Gasteiger partial charge in [-0.05, 0) is 12.0 Å². The van der Waals surface area contributed by atoms with E-state index in [-0.39, 0.29) is 12.2 Å². The van der Waals surface area contributed by atoms with E-state index in [0.29, 0.717) is 24.7 Å².